The molecule has 1 heterocycles. The first-order valence-electron chi connectivity index (χ1n) is 2.90. The second-order valence-corrected chi connectivity index (χ2v) is 2.01. The third-order valence-corrected chi connectivity index (χ3v) is 1.20. The third-order valence-electron chi connectivity index (χ3n) is 1.20. The Labute approximate surface area is 78.4 Å². The predicted octanol–water partition coefficient (Wildman–Crippen LogP) is -1.84. The molecule has 1 nitrogen and oxygen atoms in total. The fourth-order valence-electron chi connectivity index (χ4n) is 0.732. The second-order valence-electron chi connectivity index (χ2n) is 2.01. The largest absolute Gasteiger partial charge is 1.00 e. The Morgan fingerprint density at radius 2 is 2.30 bits per heavy atom. The van der Waals surface area contributed by atoms with Gasteiger partial charge in [0.2, 0.25) is 0 Å². The van der Waals surface area contributed by atoms with Gasteiger partial charge in [0.25, 0.3) is 0 Å². The maximum Gasteiger partial charge on any atom is 0.175 e. The molecule has 2 heteroatoms. The van der Waals surface area contributed by atoms with Crippen LogP contribution in [0.25, 0.3) is 6.08 Å². The molecule has 0 bridgehead atoms. The molecular weight excluding hydrogens is 237 g/mol. The minimum absolute atomic E-state index is 0. The zero-order valence-corrected chi connectivity index (χ0v) is 8.08. The van der Waals surface area contributed by atoms with Gasteiger partial charge in [-0.05, 0) is 6.07 Å². The van der Waals surface area contributed by atoms with E-state index in [0.717, 1.165) is 5.56 Å². The molecule has 10 heavy (non-hydrogen) atoms. The van der Waals surface area contributed by atoms with Gasteiger partial charge in [-0.15, -0.1) is 0 Å². The normalized spacial score (nSPS) is 8.10. The summed E-state index contributed by atoms with van der Waals surface area (Å²) in [4.78, 5) is 0. The van der Waals surface area contributed by atoms with Gasteiger partial charge in [-0.2, -0.15) is 0 Å². The highest BCUT2D eigenvalue weighted by Crippen LogP contribution is 1.93. The van der Waals surface area contributed by atoms with E-state index in [1.54, 1.807) is 0 Å². The van der Waals surface area contributed by atoms with Crippen LogP contribution in [0.3, 0.4) is 0 Å². The number of hydrogen-bond donors (Lipinski definition) is 0. The van der Waals surface area contributed by atoms with E-state index < -0.39 is 0 Å². The van der Waals surface area contributed by atoms with Crippen molar-refractivity contribution in [2.24, 2.45) is 7.05 Å². The van der Waals surface area contributed by atoms with E-state index in [2.05, 4.69) is 6.58 Å². The molecule has 1 aromatic rings. The molecule has 0 saturated heterocycles. The number of aryl methyl sites for hydroxylation is 1. The van der Waals surface area contributed by atoms with Crippen LogP contribution < -0.4 is 28.5 Å². The van der Waals surface area contributed by atoms with Gasteiger partial charge in [0, 0.05) is 11.6 Å². The number of aromatic nitrogens is 1. The van der Waals surface area contributed by atoms with Crippen molar-refractivity contribution >= 4 is 6.08 Å². The summed E-state index contributed by atoms with van der Waals surface area (Å²) in [5.74, 6) is 0. The summed E-state index contributed by atoms with van der Waals surface area (Å²) < 4.78 is 2.00. The molecule has 0 unspecified atom stereocenters. The molecule has 0 saturated carbocycles. The lowest BCUT2D eigenvalue weighted by atomic mass is 10.3. The SMILES string of the molecule is C=Cc1ccc[n+](C)c1.[I-]. The maximum atomic E-state index is 3.66. The molecule has 0 aliphatic heterocycles. The molecule has 0 radical (unpaired) electrons. The topological polar surface area (TPSA) is 3.88 Å². The summed E-state index contributed by atoms with van der Waals surface area (Å²) in [5, 5.41) is 0. The minimum atomic E-state index is 0. The van der Waals surface area contributed by atoms with Crippen molar-refractivity contribution in [1.82, 2.24) is 0 Å². The molecular formula is C8H10IN. The highest BCUT2D eigenvalue weighted by Gasteiger charge is 1.89. The average molecular weight is 247 g/mol. The lowest BCUT2D eigenvalue weighted by Gasteiger charge is -1.86. The van der Waals surface area contributed by atoms with Crippen LogP contribution in [-0.2, 0) is 7.05 Å². The van der Waals surface area contributed by atoms with Crippen LogP contribution in [0.2, 0.25) is 0 Å². The van der Waals surface area contributed by atoms with Gasteiger partial charge in [-0.25, -0.2) is 4.57 Å². The van der Waals surface area contributed by atoms with Crippen LogP contribution in [0.5, 0.6) is 0 Å². The summed E-state index contributed by atoms with van der Waals surface area (Å²) in [6.45, 7) is 3.66. The molecule has 0 atom stereocenters. The van der Waals surface area contributed by atoms with Gasteiger partial charge in [0.1, 0.15) is 7.05 Å². The molecule has 0 spiro atoms. The Kier molecular flexibility index (Phi) is 4.27. The van der Waals surface area contributed by atoms with Gasteiger partial charge < -0.3 is 24.0 Å². The molecule has 0 aliphatic carbocycles. The highest BCUT2D eigenvalue weighted by atomic mass is 127. The molecule has 0 aliphatic rings. The van der Waals surface area contributed by atoms with Crippen molar-refractivity contribution in [2.75, 3.05) is 0 Å². The van der Waals surface area contributed by atoms with E-state index >= 15 is 0 Å². The van der Waals surface area contributed by atoms with Crippen molar-refractivity contribution in [3.63, 3.8) is 0 Å². The van der Waals surface area contributed by atoms with Crippen LogP contribution >= 0.6 is 0 Å². The van der Waals surface area contributed by atoms with Crippen molar-refractivity contribution in [3.8, 4) is 0 Å². The summed E-state index contributed by atoms with van der Waals surface area (Å²) in [5.41, 5.74) is 1.15. The van der Waals surface area contributed by atoms with E-state index in [-0.39, 0.29) is 24.0 Å². The van der Waals surface area contributed by atoms with E-state index in [9.17, 15) is 0 Å². The fraction of sp³-hybridized carbons (Fsp3) is 0.125. The number of nitrogens with zero attached hydrogens (tertiary/aromatic N) is 1. The summed E-state index contributed by atoms with van der Waals surface area (Å²) in [7, 11) is 1.99. The Morgan fingerprint density at radius 1 is 1.60 bits per heavy atom. The van der Waals surface area contributed by atoms with E-state index in [1.807, 2.05) is 42.2 Å². The lowest BCUT2D eigenvalue weighted by Crippen LogP contribution is -3.00. The van der Waals surface area contributed by atoms with Crippen LogP contribution in [0.15, 0.2) is 31.1 Å². The zero-order valence-electron chi connectivity index (χ0n) is 5.92. The van der Waals surface area contributed by atoms with Gasteiger partial charge >= 0.3 is 0 Å². The molecule has 54 valence electrons. The summed E-state index contributed by atoms with van der Waals surface area (Å²) in [6.07, 6.45) is 5.85. The van der Waals surface area contributed by atoms with Gasteiger partial charge in [-0.1, -0.05) is 12.7 Å². The summed E-state index contributed by atoms with van der Waals surface area (Å²) in [6, 6.07) is 4.02. The quantitative estimate of drug-likeness (QED) is 0.405. The average Bonchev–Trinajstić information content (AvgIpc) is 1.88. The Balaban J connectivity index is 0.000000810. The molecule has 0 aromatic carbocycles. The standard InChI is InChI=1S/C8H10N.HI/c1-3-8-5-4-6-9(2)7-8;/h3-7H,1H2,2H3;1H/q+1;/p-1. The molecule has 1 aromatic heterocycles. The molecule has 0 fully saturated rings. The van der Waals surface area contributed by atoms with Crippen molar-refractivity contribution in [1.29, 1.82) is 0 Å². The van der Waals surface area contributed by atoms with Crippen molar-refractivity contribution < 1.29 is 28.5 Å². The van der Waals surface area contributed by atoms with Crippen LogP contribution in [0.1, 0.15) is 5.56 Å². The van der Waals surface area contributed by atoms with Crippen molar-refractivity contribution in [3.05, 3.63) is 36.7 Å². The maximum absolute atomic E-state index is 3.66. The van der Waals surface area contributed by atoms with E-state index in [1.165, 1.54) is 0 Å². The Bertz CT molecular complexity index is 220. The number of hydrogen-bond acceptors (Lipinski definition) is 0. The molecule has 0 N–H and O–H groups in total. The van der Waals surface area contributed by atoms with Crippen LogP contribution in [0, 0.1) is 0 Å². The zero-order chi connectivity index (χ0) is 6.69. The first-order valence-corrected chi connectivity index (χ1v) is 2.90. The van der Waals surface area contributed by atoms with Crippen LogP contribution in [-0.4, -0.2) is 0 Å². The fourth-order valence-corrected chi connectivity index (χ4v) is 0.732. The second kappa shape index (κ2) is 4.44. The first-order chi connectivity index (χ1) is 4.33. The van der Waals surface area contributed by atoms with E-state index in [0.29, 0.717) is 0 Å². The summed E-state index contributed by atoms with van der Waals surface area (Å²) >= 11 is 0. The molecule has 1 rings (SSSR count). The first kappa shape index (κ1) is 9.62. The monoisotopic (exact) mass is 247 g/mol. The number of halogens is 1. The lowest BCUT2D eigenvalue weighted by molar-refractivity contribution is -0.671. The number of pyridine rings is 1. The smallest absolute Gasteiger partial charge is 0.175 e. The Morgan fingerprint density at radius 3 is 2.70 bits per heavy atom. The van der Waals surface area contributed by atoms with Gasteiger partial charge in [0.05, 0.1) is 0 Å². The van der Waals surface area contributed by atoms with Gasteiger partial charge in [0.15, 0.2) is 12.4 Å². The van der Waals surface area contributed by atoms with Crippen molar-refractivity contribution in [2.45, 2.75) is 0 Å². The highest BCUT2D eigenvalue weighted by molar-refractivity contribution is 5.43. The van der Waals surface area contributed by atoms with E-state index in [4.69, 9.17) is 0 Å². The minimum Gasteiger partial charge on any atom is -1.00 e. The predicted molar refractivity (Wildman–Crippen MR) is 37.7 cm³/mol. The number of rotatable bonds is 1. The van der Waals surface area contributed by atoms with Crippen LogP contribution in [0.4, 0.5) is 0 Å². The van der Waals surface area contributed by atoms with Gasteiger partial charge in [-0.3, -0.25) is 0 Å². The molecule has 0 amide bonds. The Hall–Kier alpha value is -0.380. The third kappa shape index (κ3) is 2.47.